The highest BCUT2D eigenvalue weighted by atomic mass is 35.5. The molecule has 0 unspecified atom stereocenters. The minimum atomic E-state index is -2.87. The molecule has 3 N–H and O–H groups in total. The highest BCUT2D eigenvalue weighted by Gasteiger charge is 2.22. The molecule has 1 amide bonds. The number of hydrogen-bond donors (Lipinski definition) is 2. The van der Waals surface area contributed by atoms with Gasteiger partial charge < -0.3 is 15.8 Å². The minimum absolute atomic E-state index is 0.0330. The van der Waals surface area contributed by atoms with Crippen LogP contribution in [0.5, 0.6) is 5.88 Å². The third kappa shape index (κ3) is 5.61. The van der Waals surface area contributed by atoms with Gasteiger partial charge in [0, 0.05) is 38.0 Å². The first-order valence-corrected chi connectivity index (χ1v) is 7.74. The molecule has 0 saturated carbocycles. The van der Waals surface area contributed by atoms with Crippen LogP contribution in [-0.2, 0) is 13.1 Å². The Morgan fingerprint density at radius 2 is 2.12 bits per heavy atom. The zero-order chi connectivity index (χ0) is 18.4. The Morgan fingerprint density at radius 1 is 1.36 bits per heavy atom. The van der Waals surface area contributed by atoms with Crippen LogP contribution in [0.3, 0.4) is 0 Å². The number of alkyl halides is 2. The van der Waals surface area contributed by atoms with Crippen LogP contribution in [0.15, 0.2) is 30.6 Å². The maximum absolute atomic E-state index is 12.3. The summed E-state index contributed by atoms with van der Waals surface area (Å²) in [6, 6.07) is 5.03. The van der Waals surface area contributed by atoms with Gasteiger partial charge in [0.05, 0.1) is 0 Å². The van der Waals surface area contributed by atoms with E-state index in [-0.39, 0.29) is 10.9 Å². The van der Waals surface area contributed by atoms with Crippen molar-refractivity contribution in [1.82, 2.24) is 15.3 Å². The number of primary amides is 1. The third-order valence-electron chi connectivity index (χ3n) is 3.19. The first kappa shape index (κ1) is 19.0. The minimum Gasteiger partial charge on any atom is -0.470 e. The number of carbonyl (C=O) groups is 1. The fourth-order valence-corrected chi connectivity index (χ4v) is 2.28. The van der Waals surface area contributed by atoms with Crippen molar-refractivity contribution in [3.63, 3.8) is 0 Å². The first-order chi connectivity index (χ1) is 11.8. The van der Waals surface area contributed by atoms with Crippen molar-refractivity contribution in [2.45, 2.75) is 25.9 Å². The van der Waals surface area contributed by atoms with Crippen molar-refractivity contribution in [1.29, 1.82) is 0 Å². The monoisotopic (exact) mass is 370 g/mol. The lowest BCUT2D eigenvalue weighted by atomic mass is 10.1. The van der Waals surface area contributed by atoms with Crippen LogP contribution in [-0.4, -0.2) is 28.4 Å². The van der Waals surface area contributed by atoms with Crippen molar-refractivity contribution < 1.29 is 18.3 Å². The number of ether oxygens (including phenoxy) is 1. The normalized spacial score (nSPS) is 12.8. The molecule has 0 saturated heterocycles. The largest absolute Gasteiger partial charge is 0.470 e. The quantitative estimate of drug-likeness (QED) is 0.863. The van der Waals surface area contributed by atoms with Crippen LogP contribution in [0.1, 0.15) is 28.5 Å². The van der Waals surface area contributed by atoms with Gasteiger partial charge in [0.25, 0.3) is 11.8 Å². The van der Waals surface area contributed by atoms with E-state index in [1.165, 1.54) is 12.3 Å². The molecule has 25 heavy (non-hydrogen) atoms. The lowest BCUT2D eigenvalue weighted by Crippen LogP contribution is -2.21. The van der Waals surface area contributed by atoms with E-state index in [0.717, 1.165) is 24.6 Å². The van der Waals surface area contributed by atoms with Gasteiger partial charge >= 0.3 is 0 Å². The molecule has 0 aromatic carbocycles. The second-order valence-corrected chi connectivity index (χ2v) is 5.82. The maximum atomic E-state index is 12.3. The van der Waals surface area contributed by atoms with Crippen LogP contribution in [0.2, 0.25) is 5.02 Å². The van der Waals surface area contributed by atoms with E-state index < -0.39 is 18.4 Å². The summed E-state index contributed by atoms with van der Waals surface area (Å²) >= 11 is 5.62. The molecule has 2 aromatic heterocycles. The summed E-state index contributed by atoms with van der Waals surface area (Å²) in [5, 5.41) is 3.36. The molecule has 1 aliphatic rings. The third-order valence-corrected chi connectivity index (χ3v) is 3.48. The van der Waals surface area contributed by atoms with Crippen molar-refractivity contribution in [3.05, 3.63) is 52.4 Å². The van der Waals surface area contributed by atoms with Gasteiger partial charge in [0.1, 0.15) is 10.7 Å². The lowest BCUT2D eigenvalue weighted by molar-refractivity contribution is -0.0242. The topological polar surface area (TPSA) is 90.1 Å². The van der Waals surface area contributed by atoms with Crippen LogP contribution in [0.25, 0.3) is 0 Å². The highest BCUT2D eigenvalue weighted by Crippen LogP contribution is 2.22. The molecular formula is C16H17ClF2N4O2. The SMILES string of the molecule is CC(F)(F)COc1ncccc1Cl.NC(=O)c1nccc2c1CNC2. The van der Waals surface area contributed by atoms with Gasteiger partial charge in [-0.25, -0.2) is 13.8 Å². The molecule has 9 heteroatoms. The molecule has 1 aliphatic heterocycles. The van der Waals surface area contributed by atoms with Gasteiger partial charge in [-0.05, 0) is 23.8 Å². The molecule has 0 atom stereocenters. The molecule has 3 heterocycles. The maximum Gasteiger partial charge on any atom is 0.278 e. The smallest absolute Gasteiger partial charge is 0.278 e. The summed E-state index contributed by atoms with van der Waals surface area (Å²) in [4.78, 5) is 18.5. The number of pyridine rings is 2. The lowest BCUT2D eigenvalue weighted by Gasteiger charge is -2.11. The van der Waals surface area contributed by atoms with E-state index >= 15 is 0 Å². The fourth-order valence-electron chi connectivity index (χ4n) is 2.10. The average molecular weight is 371 g/mol. The summed E-state index contributed by atoms with van der Waals surface area (Å²) in [5.41, 5.74) is 7.63. The molecule has 134 valence electrons. The first-order valence-electron chi connectivity index (χ1n) is 7.36. The van der Waals surface area contributed by atoms with E-state index in [1.54, 1.807) is 12.3 Å². The van der Waals surface area contributed by atoms with Crippen molar-refractivity contribution in [2.75, 3.05) is 6.61 Å². The Bertz CT molecular complexity index is 753. The van der Waals surface area contributed by atoms with Crippen molar-refractivity contribution in [3.8, 4) is 5.88 Å². The van der Waals surface area contributed by atoms with E-state index in [0.29, 0.717) is 12.2 Å². The van der Waals surface area contributed by atoms with Gasteiger partial charge in [0.15, 0.2) is 6.61 Å². The Balaban J connectivity index is 0.000000181. The van der Waals surface area contributed by atoms with E-state index in [9.17, 15) is 13.6 Å². The van der Waals surface area contributed by atoms with E-state index in [4.69, 9.17) is 22.1 Å². The number of fused-ring (bicyclic) bond motifs is 1. The van der Waals surface area contributed by atoms with Crippen molar-refractivity contribution in [2.24, 2.45) is 5.73 Å². The fraction of sp³-hybridized carbons (Fsp3) is 0.312. The molecule has 0 fully saturated rings. The number of hydrogen-bond acceptors (Lipinski definition) is 5. The molecular weight excluding hydrogens is 354 g/mol. The highest BCUT2D eigenvalue weighted by molar-refractivity contribution is 6.31. The van der Waals surface area contributed by atoms with Gasteiger partial charge in [-0.15, -0.1) is 0 Å². The number of halogens is 3. The number of carbonyl (C=O) groups excluding carboxylic acids is 1. The van der Waals surface area contributed by atoms with Gasteiger partial charge in [-0.2, -0.15) is 0 Å². The van der Waals surface area contributed by atoms with Gasteiger partial charge in [-0.3, -0.25) is 9.78 Å². The summed E-state index contributed by atoms with van der Waals surface area (Å²) < 4.78 is 29.4. The molecule has 0 aliphatic carbocycles. The van der Waals surface area contributed by atoms with Gasteiger partial charge in [-0.1, -0.05) is 11.6 Å². The number of amides is 1. The Labute approximate surface area is 148 Å². The summed E-state index contributed by atoms with van der Waals surface area (Å²) in [6.45, 7) is 1.55. The predicted molar refractivity (Wildman–Crippen MR) is 88.7 cm³/mol. The number of nitrogens with two attached hydrogens (primary N) is 1. The standard InChI is InChI=1S/C8H8ClF2NO.C8H9N3O/c1-8(10,11)5-13-7-6(9)3-2-4-12-7;9-8(12)7-6-4-10-3-5(6)1-2-11-7/h2-4H,5H2,1H3;1-2,10H,3-4H2,(H2,9,12). The number of rotatable bonds is 4. The van der Waals surface area contributed by atoms with Crippen LogP contribution >= 0.6 is 11.6 Å². The Kier molecular flexibility index (Phi) is 6.22. The van der Waals surface area contributed by atoms with E-state index in [2.05, 4.69) is 15.3 Å². The zero-order valence-electron chi connectivity index (χ0n) is 13.4. The molecule has 3 rings (SSSR count). The summed E-state index contributed by atoms with van der Waals surface area (Å²) in [6.07, 6.45) is 3.04. The second-order valence-electron chi connectivity index (χ2n) is 5.41. The Morgan fingerprint density at radius 3 is 2.76 bits per heavy atom. The second kappa shape index (κ2) is 8.17. The van der Waals surface area contributed by atoms with E-state index in [1.807, 2.05) is 6.07 Å². The molecule has 6 nitrogen and oxygen atoms in total. The van der Waals surface area contributed by atoms with Crippen LogP contribution < -0.4 is 15.8 Å². The van der Waals surface area contributed by atoms with Crippen LogP contribution in [0, 0.1) is 0 Å². The number of aromatic nitrogens is 2. The molecule has 0 spiro atoms. The Hall–Kier alpha value is -2.32. The predicted octanol–water partition coefficient (Wildman–Crippen LogP) is 2.55. The molecule has 0 radical (unpaired) electrons. The van der Waals surface area contributed by atoms with Gasteiger partial charge in [0.2, 0.25) is 5.88 Å². The van der Waals surface area contributed by atoms with Crippen LogP contribution in [0.4, 0.5) is 8.78 Å². The van der Waals surface area contributed by atoms with Crippen molar-refractivity contribution >= 4 is 17.5 Å². The molecule has 2 aromatic rings. The zero-order valence-corrected chi connectivity index (χ0v) is 14.2. The molecule has 0 bridgehead atoms. The number of nitrogens with zero attached hydrogens (tertiary/aromatic N) is 2. The number of nitrogens with one attached hydrogen (secondary N) is 1. The summed E-state index contributed by atoms with van der Waals surface area (Å²) in [5.74, 6) is -3.29. The average Bonchev–Trinajstić information content (AvgIpc) is 3.02. The summed E-state index contributed by atoms with van der Waals surface area (Å²) in [7, 11) is 0.